The van der Waals surface area contributed by atoms with Crippen LogP contribution in [0.4, 0.5) is 5.69 Å². The third kappa shape index (κ3) is 7.46. The lowest BCUT2D eigenvalue weighted by atomic mass is 9.77. The van der Waals surface area contributed by atoms with Crippen molar-refractivity contribution < 1.29 is 38.5 Å². The van der Waals surface area contributed by atoms with Gasteiger partial charge in [0.05, 0.1) is 10.9 Å². The highest BCUT2D eigenvalue weighted by molar-refractivity contribution is 6.10. The smallest absolute Gasteiger partial charge is 0.340 e. The molecular formula is C55H46N4O8. The van der Waals surface area contributed by atoms with Crippen molar-refractivity contribution in [2.45, 2.75) is 46.4 Å². The fourth-order valence-corrected chi connectivity index (χ4v) is 9.28. The topological polar surface area (TPSA) is 172 Å². The van der Waals surface area contributed by atoms with E-state index in [4.69, 9.17) is 18.9 Å². The summed E-state index contributed by atoms with van der Waals surface area (Å²) in [5.41, 5.74) is 9.03. The molecule has 6 aromatic rings. The third-order valence-corrected chi connectivity index (χ3v) is 12.5. The number of carbonyl (C=O) groups excluding carboxylic acids is 3. The van der Waals surface area contributed by atoms with Gasteiger partial charge in [-0.1, -0.05) is 42.5 Å². The van der Waals surface area contributed by atoms with Gasteiger partial charge >= 0.3 is 5.97 Å². The van der Waals surface area contributed by atoms with E-state index in [-0.39, 0.29) is 53.5 Å². The van der Waals surface area contributed by atoms with E-state index >= 15 is 0 Å². The van der Waals surface area contributed by atoms with Gasteiger partial charge in [0, 0.05) is 100 Å². The van der Waals surface area contributed by atoms with Crippen molar-refractivity contribution >= 4 is 34.4 Å². The first-order valence-electron chi connectivity index (χ1n) is 22.2. The maximum absolute atomic E-state index is 14.2. The summed E-state index contributed by atoms with van der Waals surface area (Å²) in [4.78, 5) is 46.0. The molecule has 3 heterocycles. The number of fused-ring (bicyclic) bond motifs is 8. The van der Waals surface area contributed by atoms with Crippen LogP contribution in [0.25, 0.3) is 33.4 Å². The molecular weight excluding hydrogens is 845 g/mol. The van der Waals surface area contributed by atoms with Crippen molar-refractivity contribution in [3.8, 4) is 45.4 Å². The van der Waals surface area contributed by atoms with E-state index in [1.807, 2.05) is 74.5 Å². The molecule has 4 aliphatic rings. The summed E-state index contributed by atoms with van der Waals surface area (Å²) in [5, 5.41) is 31.9. The Morgan fingerprint density at radius 2 is 1.34 bits per heavy atom. The highest BCUT2D eigenvalue weighted by Gasteiger charge is 2.54. The van der Waals surface area contributed by atoms with Crippen LogP contribution < -0.4 is 26.0 Å². The summed E-state index contributed by atoms with van der Waals surface area (Å²) in [6.45, 7) is 10.1. The van der Waals surface area contributed by atoms with E-state index in [2.05, 4.69) is 41.9 Å². The second kappa shape index (κ2) is 16.9. The van der Waals surface area contributed by atoms with Gasteiger partial charge in [0.2, 0.25) is 0 Å². The number of aromatic hydroxyl groups is 2. The molecule has 1 aliphatic carbocycles. The number of ether oxygens (including phenoxy) is 2. The number of nitrogens with one attached hydrogen (secondary N) is 3. The molecule has 0 saturated heterocycles. The van der Waals surface area contributed by atoms with Gasteiger partial charge in [-0.25, -0.2) is 4.79 Å². The predicted molar refractivity (Wildman–Crippen MR) is 255 cm³/mol. The van der Waals surface area contributed by atoms with Crippen LogP contribution in [0.2, 0.25) is 0 Å². The van der Waals surface area contributed by atoms with Crippen molar-refractivity contribution in [2.24, 2.45) is 4.99 Å². The minimum absolute atomic E-state index is 0.0556. The van der Waals surface area contributed by atoms with Crippen molar-refractivity contribution in [3.63, 3.8) is 0 Å². The van der Waals surface area contributed by atoms with Gasteiger partial charge in [0.1, 0.15) is 34.3 Å². The summed E-state index contributed by atoms with van der Waals surface area (Å²) >= 11 is 0. The largest absolute Gasteiger partial charge is 0.508 e. The molecule has 334 valence electrons. The van der Waals surface area contributed by atoms with Gasteiger partial charge in [-0.15, -0.1) is 0 Å². The van der Waals surface area contributed by atoms with E-state index in [1.54, 1.807) is 30.3 Å². The number of anilines is 1. The number of nitrogens with zero attached hydrogens (tertiary/aromatic N) is 1. The lowest BCUT2D eigenvalue weighted by Gasteiger charge is -2.36. The summed E-state index contributed by atoms with van der Waals surface area (Å²) in [7, 11) is 0. The molecule has 1 spiro atoms. The molecule has 0 fully saturated rings. The fourth-order valence-electron chi connectivity index (χ4n) is 9.28. The predicted octanol–water partition coefficient (Wildman–Crippen LogP) is 10.0. The first-order chi connectivity index (χ1) is 32.4. The molecule has 0 radical (unpaired) electrons. The van der Waals surface area contributed by atoms with E-state index in [9.17, 15) is 24.6 Å². The van der Waals surface area contributed by atoms with Crippen LogP contribution in [0.5, 0.6) is 23.0 Å². The Labute approximate surface area is 385 Å². The monoisotopic (exact) mass is 890 g/mol. The van der Waals surface area contributed by atoms with Crippen molar-refractivity contribution in [2.75, 3.05) is 18.4 Å². The molecule has 0 unspecified atom stereocenters. The molecule has 5 N–H and O–H groups in total. The maximum Gasteiger partial charge on any atom is 0.340 e. The lowest BCUT2D eigenvalue weighted by Crippen LogP contribution is -2.33. The van der Waals surface area contributed by atoms with E-state index < -0.39 is 11.6 Å². The van der Waals surface area contributed by atoms with Crippen LogP contribution in [0.15, 0.2) is 137 Å². The van der Waals surface area contributed by atoms with Gasteiger partial charge < -0.3 is 40.1 Å². The minimum Gasteiger partial charge on any atom is -0.508 e. The van der Waals surface area contributed by atoms with Crippen LogP contribution >= 0.6 is 0 Å². The molecule has 67 heavy (non-hydrogen) atoms. The van der Waals surface area contributed by atoms with E-state index in [1.165, 1.54) is 24.3 Å². The van der Waals surface area contributed by atoms with Gasteiger partial charge in [0.15, 0.2) is 5.60 Å². The average Bonchev–Trinajstić information content (AvgIpc) is 3.61. The number of amides is 2. The van der Waals surface area contributed by atoms with Crippen LogP contribution in [-0.2, 0) is 23.4 Å². The molecule has 2 amide bonds. The van der Waals surface area contributed by atoms with Crippen molar-refractivity contribution in [1.29, 1.82) is 0 Å². The Hall–Kier alpha value is -8.38. The Bertz CT molecular complexity index is 3320. The molecule has 10 rings (SSSR count). The normalized spacial score (nSPS) is 13.4. The van der Waals surface area contributed by atoms with Gasteiger partial charge in [-0.05, 0) is 116 Å². The highest BCUT2D eigenvalue weighted by atomic mass is 16.6. The lowest BCUT2D eigenvalue weighted by molar-refractivity contribution is 0.0224. The Morgan fingerprint density at radius 1 is 0.672 bits per heavy atom. The molecule has 0 saturated carbocycles. The van der Waals surface area contributed by atoms with E-state index in [0.717, 1.165) is 61.9 Å². The molecule has 6 aromatic carbocycles. The number of carbonyl (C=O) groups is 3. The van der Waals surface area contributed by atoms with E-state index in [0.29, 0.717) is 45.7 Å². The van der Waals surface area contributed by atoms with Gasteiger partial charge in [-0.2, -0.15) is 0 Å². The number of benzene rings is 7. The summed E-state index contributed by atoms with van der Waals surface area (Å²) in [6.07, 6.45) is 0. The van der Waals surface area contributed by atoms with Gasteiger partial charge in [-0.3, -0.25) is 14.6 Å². The molecule has 0 bridgehead atoms. The first kappa shape index (κ1) is 42.6. The number of phenols is 2. The quantitative estimate of drug-likeness (QED) is 0.0662. The Morgan fingerprint density at radius 3 is 2.01 bits per heavy atom. The fraction of sp³-hybridized carbons (Fsp3) is 0.164. The number of hydrogen-bond acceptors (Lipinski definition) is 10. The van der Waals surface area contributed by atoms with Crippen LogP contribution in [0.1, 0.15) is 83.9 Å². The van der Waals surface area contributed by atoms with Crippen molar-refractivity contribution in [3.05, 3.63) is 188 Å². The zero-order valence-corrected chi connectivity index (χ0v) is 37.2. The molecule has 12 heteroatoms. The number of rotatable bonds is 10. The highest BCUT2D eigenvalue weighted by Crippen LogP contribution is 2.57. The third-order valence-electron chi connectivity index (χ3n) is 12.5. The number of esters is 1. The molecule has 12 nitrogen and oxygen atoms in total. The molecule has 0 atom stereocenters. The zero-order valence-electron chi connectivity index (χ0n) is 37.2. The minimum atomic E-state index is -1.50. The summed E-state index contributed by atoms with van der Waals surface area (Å²) in [5.74, 6) is -0.120. The number of phenolic OH excluding ortho intramolecular Hbond substituents is 2. The second-order valence-corrected chi connectivity index (χ2v) is 16.8. The first-order valence-corrected chi connectivity index (χ1v) is 22.2. The van der Waals surface area contributed by atoms with Gasteiger partial charge in [0.25, 0.3) is 11.8 Å². The van der Waals surface area contributed by atoms with Crippen molar-refractivity contribution in [1.82, 2.24) is 10.6 Å². The van der Waals surface area contributed by atoms with Crippen LogP contribution in [0, 0.1) is 13.8 Å². The molecule has 0 aromatic heterocycles. The maximum atomic E-state index is 14.2. The second-order valence-electron chi connectivity index (χ2n) is 16.8. The molecule has 3 aliphatic heterocycles. The summed E-state index contributed by atoms with van der Waals surface area (Å²) < 4.78 is 18.8. The average molecular weight is 891 g/mol. The Balaban J connectivity index is 0.872. The number of aryl methyl sites for hydroxylation is 2. The Kier molecular flexibility index (Phi) is 10.7. The number of hydrogen-bond donors (Lipinski definition) is 5. The zero-order chi connectivity index (χ0) is 46.6. The van der Waals surface area contributed by atoms with Crippen LogP contribution in [-0.4, -0.2) is 41.1 Å². The summed E-state index contributed by atoms with van der Waals surface area (Å²) in [6, 6.07) is 37.3. The standard InChI is InChI=1S/C55H46N4O8/c1-5-56-45-26-47-40(21-30(45)3)51(41-22-31(4)46(57-6-2)27-48(41)65-47)37-9-7-8-10-38(37)53(63)59-29-33-13-11-32(12-14-33)28-58-52(62)34-15-18-39-44(23-34)55(67-54(39)64)42-19-16-35(60)24-49(42)66-50-25-36(61)17-20-43(50)55/h7-27,56,60-61H,5-6,28-29H2,1-4H3,(H,58,62)(H,59,63). The van der Waals surface area contributed by atoms with Crippen LogP contribution in [0.3, 0.4) is 0 Å². The SMILES string of the molecule is CCN=c1cc2oc3cc(NCC)c(C)cc3c(-c3ccccc3C(=O)NCc3ccc(CNC(=O)c4ccc5c(c4)C4(OC5=O)c5ccc(O)cc5Oc5cc(O)ccc54)cc3)c-2cc1C.